The highest BCUT2D eigenvalue weighted by Crippen LogP contribution is 2.38. The average molecular weight is 621 g/mol. The predicted molar refractivity (Wildman–Crippen MR) is 152 cm³/mol. The molecule has 3 aliphatic heterocycles. The molecule has 44 heavy (non-hydrogen) atoms. The molecule has 3 saturated heterocycles. The molecule has 1 unspecified atom stereocenters. The second kappa shape index (κ2) is 11.8. The van der Waals surface area contributed by atoms with Crippen molar-refractivity contribution in [2.24, 2.45) is 11.8 Å². The Bertz CT molecular complexity index is 1460. The molecule has 0 radical (unpaired) electrons. The van der Waals surface area contributed by atoms with E-state index < -0.39 is 47.2 Å². The van der Waals surface area contributed by atoms with Crippen LogP contribution < -0.4 is 0 Å². The van der Waals surface area contributed by atoms with Crippen molar-refractivity contribution in [3.05, 3.63) is 70.9 Å². The number of para-hydroxylation sites is 1. The monoisotopic (exact) mass is 620 g/mol. The maximum Gasteiger partial charge on any atom is 0.416 e. The Morgan fingerprint density at radius 3 is 2.07 bits per heavy atom. The SMILES string of the molecule is O=CC(N1CC2CCC(CC2)C1)N1CCN(C(=O)c2cc(C(F)(F)F)cc(C(F)(F)F)c2)[C@H](Cc2c[nH]c3ccccc23)C1. The Morgan fingerprint density at radius 2 is 1.48 bits per heavy atom. The summed E-state index contributed by atoms with van der Waals surface area (Å²) in [7, 11) is 0. The van der Waals surface area contributed by atoms with E-state index in [2.05, 4.69) is 9.88 Å². The van der Waals surface area contributed by atoms with Crippen LogP contribution in [0.15, 0.2) is 48.7 Å². The third-order valence-electron chi connectivity index (χ3n) is 9.56. The van der Waals surface area contributed by atoms with Crippen molar-refractivity contribution in [1.29, 1.82) is 0 Å². The van der Waals surface area contributed by atoms with Crippen LogP contribution in [0, 0.1) is 11.8 Å². The number of H-pyrrole nitrogens is 1. The summed E-state index contributed by atoms with van der Waals surface area (Å²) in [4.78, 5) is 35.2. The molecule has 2 aromatic carbocycles. The van der Waals surface area contributed by atoms with E-state index in [0.29, 0.717) is 30.4 Å². The number of carbonyl (C=O) groups is 2. The molecule has 6 nitrogen and oxygen atoms in total. The highest BCUT2D eigenvalue weighted by molar-refractivity contribution is 5.95. The molecule has 2 bridgehead atoms. The van der Waals surface area contributed by atoms with Crippen LogP contribution in [0.25, 0.3) is 10.9 Å². The third-order valence-corrected chi connectivity index (χ3v) is 9.56. The number of amides is 1. The first kappa shape index (κ1) is 30.6. The molecule has 1 N–H and O–H groups in total. The fourth-order valence-electron chi connectivity index (χ4n) is 7.31. The lowest BCUT2D eigenvalue weighted by Crippen LogP contribution is -2.62. The van der Waals surface area contributed by atoms with Crippen molar-refractivity contribution in [2.75, 3.05) is 32.7 Å². The molecule has 0 spiro atoms. The summed E-state index contributed by atoms with van der Waals surface area (Å²) in [6.07, 6.45) is -3.09. The zero-order chi connectivity index (χ0) is 31.2. The standard InChI is InChI=1S/C32H34F6N4O2/c33-31(34,35)24-11-22(12-25(14-24)32(36,37)38)30(44)42-10-9-40(29(19-43)41-16-20-5-6-21(17-41)8-7-20)18-26(42)13-23-15-39-28-4-2-1-3-27(23)28/h1-4,11-12,14-15,19-21,26,29,39H,5-10,13,16-18H2/t20?,21?,26-,29?/m1/s1. The van der Waals surface area contributed by atoms with Gasteiger partial charge in [0.15, 0.2) is 6.29 Å². The van der Waals surface area contributed by atoms with Gasteiger partial charge in [-0.15, -0.1) is 0 Å². The van der Waals surface area contributed by atoms with Crippen LogP contribution in [0.5, 0.6) is 0 Å². The summed E-state index contributed by atoms with van der Waals surface area (Å²) in [5.41, 5.74) is -1.99. The number of fused-ring (bicyclic) bond motifs is 5. The van der Waals surface area contributed by atoms with Gasteiger partial charge in [-0.1, -0.05) is 18.2 Å². The van der Waals surface area contributed by atoms with Gasteiger partial charge in [0.25, 0.3) is 5.91 Å². The number of halogens is 6. The van der Waals surface area contributed by atoms with Gasteiger partial charge in [0.05, 0.1) is 11.1 Å². The van der Waals surface area contributed by atoms with Crippen molar-refractivity contribution in [3.63, 3.8) is 0 Å². The summed E-state index contributed by atoms with van der Waals surface area (Å²) in [5, 5.41) is 0.909. The minimum absolute atomic E-state index is 0.0289. The molecule has 2 atom stereocenters. The largest absolute Gasteiger partial charge is 0.416 e. The molecule has 1 aromatic heterocycles. The number of alkyl halides is 6. The van der Waals surface area contributed by atoms with Crippen LogP contribution in [0.2, 0.25) is 0 Å². The van der Waals surface area contributed by atoms with Crippen LogP contribution in [-0.4, -0.2) is 76.8 Å². The Balaban J connectivity index is 1.33. The quantitative estimate of drug-likeness (QED) is 0.263. The number of aromatic amines is 1. The molecule has 1 amide bonds. The second-order valence-corrected chi connectivity index (χ2v) is 12.4. The summed E-state index contributed by atoms with van der Waals surface area (Å²) in [6, 6.07) is 7.96. The molecular weight excluding hydrogens is 586 g/mol. The predicted octanol–water partition coefficient (Wildman–Crippen LogP) is 6.22. The van der Waals surface area contributed by atoms with Gasteiger partial charge in [0, 0.05) is 61.4 Å². The maximum absolute atomic E-state index is 13.8. The number of hydrogen-bond acceptors (Lipinski definition) is 4. The summed E-state index contributed by atoms with van der Waals surface area (Å²) >= 11 is 0. The number of hydrogen-bond donors (Lipinski definition) is 1. The van der Waals surface area contributed by atoms with Gasteiger partial charge in [0.1, 0.15) is 6.17 Å². The van der Waals surface area contributed by atoms with E-state index in [9.17, 15) is 35.9 Å². The van der Waals surface area contributed by atoms with Crippen LogP contribution in [0.3, 0.4) is 0 Å². The zero-order valence-electron chi connectivity index (χ0n) is 24.0. The minimum atomic E-state index is -5.07. The highest BCUT2D eigenvalue weighted by atomic mass is 19.4. The van der Waals surface area contributed by atoms with Crippen LogP contribution in [-0.2, 0) is 23.6 Å². The van der Waals surface area contributed by atoms with E-state index in [1.165, 1.54) is 4.90 Å². The smallest absolute Gasteiger partial charge is 0.361 e. The minimum Gasteiger partial charge on any atom is -0.361 e. The lowest BCUT2D eigenvalue weighted by atomic mass is 9.84. The normalized spacial score (nSPS) is 24.4. The number of aldehydes is 1. The zero-order valence-corrected chi connectivity index (χ0v) is 24.0. The number of nitrogens with zero attached hydrogens (tertiary/aromatic N) is 3. The number of carbonyl (C=O) groups excluding carboxylic acids is 2. The molecule has 3 aromatic rings. The number of aromatic nitrogens is 1. The molecule has 12 heteroatoms. The van der Waals surface area contributed by atoms with Crippen molar-refractivity contribution >= 4 is 23.1 Å². The van der Waals surface area contributed by atoms with Crippen LogP contribution in [0.1, 0.15) is 52.7 Å². The fraction of sp³-hybridized carbons (Fsp3) is 0.500. The molecule has 1 saturated carbocycles. The van der Waals surface area contributed by atoms with Crippen molar-refractivity contribution in [3.8, 4) is 0 Å². The number of nitrogens with one attached hydrogen (secondary N) is 1. The topological polar surface area (TPSA) is 59.7 Å². The number of benzene rings is 2. The van der Waals surface area contributed by atoms with E-state index in [4.69, 9.17) is 0 Å². The molecule has 236 valence electrons. The Labute approximate surface area is 251 Å². The Morgan fingerprint density at radius 1 is 0.864 bits per heavy atom. The second-order valence-electron chi connectivity index (χ2n) is 12.4. The van der Waals surface area contributed by atoms with Gasteiger partial charge in [0.2, 0.25) is 0 Å². The van der Waals surface area contributed by atoms with Crippen LogP contribution >= 0.6 is 0 Å². The van der Waals surface area contributed by atoms with Gasteiger partial charge >= 0.3 is 12.4 Å². The Kier molecular flexibility index (Phi) is 8.25. The van der Waals surface area contributed by atoms with E-state index in [1.54, 1.807) is 0 Å². The molecule has 4 fully saturated rings. The number of rotatable bonds is 6. The molecule has 7 rings (SSSR count). The third kappa shape index (κ3) is 6.24. The molecule has 1 aliphatic carbocycles. The van der Waals surface area contributed by atoms with Crippen molar-refractivity contribution < 1.29 is 35.9 Å². The van der Waals surface area contributed by atoms with E-state index in [0.717, 1.165) is 61.5 Å². The maximum atomic E-state index is 13.8. The lowest BCUT2D eigenvalue weighted by Gasteiger charge is -2.46. The first-order valence-electron chi connectivity index (χ1n) is 15.0. The molecule has 4 aliphatic rings. The fourth-order valence-corrected chi connectivity index (χ4v) is 7.31. The molecule has 4 heterocycles. The van der Waals surface area contributed by atoms with Crippen molar-refractivity contribution in [1.82, 2.24) is 19.7 Å². The van der Waals surface area contributed by atoms with Gasteiger partial charge in [-0.3, -0.25) is 14.6 Å². The summed E-state index contributed by atoms with van der Waals surface area (Å²) < 4.78 is 81.7. The highest BCUT2D eigenvalue weighted by Gasteiger charge is 2.41. The van der Waals surface area contributed by atoms with Gasteiger partial charge in [-0.2, -0.15) is 26.3 Å². The van der Waals surface area contributed by atoms with Gasteiger partial charge in [-0.25, -0.2) is 0 Å². The summed E-state index contributed by atoms with van der Waals surface area (Å²) in [6.45, 7) is 2.16. The number of piperazine rings is 1. The Hall–Kier alpha value is -3.38. The lowest BCUT2D eigenvalue weighted by molar-refractivity contribution is -0.143. The summed E-state index contributed by atoms with van der Waals surface area (Å²) in [5.74, 6) is 0.135. The van der Waals surface area contributed by atoms with Crippen molar-refractivity contribution in [2.45, 2.75) is 56.7 Å². The first-order valence-corrected chi connectivity index (χ1v) is 15.0. The van der Waals surface area contributed by atoms with Gasteiger partial charge in [-0.05, 0) is 73.8 Å². The van der Waals surface area contributed by atoms with E-state index in [1.807, 2.05) is 35.4 Å². The van der Waals surface area contributed by atoms with Crippen LogP contribution in [0.4, 0.5) is 26.3 Å². The average Bonchev–Trinajstić information content (AvgIpc) is 3.15. The first-order chi connectivity index (χ1) is 20.9. The van der Waals surface area contributed by atoms with E-state index >= 15 is 0 Å². The molecular formula is C32H34F6N4O2. The van der Waals surface area contributed by atoms with Gasteiger partial charge < -0.3 is 14.7 Å². The van der Waals surface area contributed by atoms with E-state index in [-0.39, 0.29) is 25.7 Å².